The number of anilines is 1. The minimum Gasteiger partial charge on any atom is -0.445 e. The number of hydrogen-bond donors (Lipinski definition) is 2. The van der Waals surface area contributed by atoms with Gasteiger partial charge >= 0.3 is 6.09 Å². The van der Waals surface area contributed by atoms with E-state index < -0.39 is 11.7 Å². The number of benzene rings is 1. The van der Waals surface area contributed by atoms with Gasteiger partial charge < -0.3 is 29.7 Å². The van der Waals surface area contributed by atoms with Gasteiger partial charge in [0.05, 0.1) is 18.8 Å². The van der Waals surface area contributed by atoms with Crippen molar-refractivity contribution in [1.82, 2.24) is 9.80 Å². The van der Waals surface area contributed by atoms with Crippen LogP contribution >= 0.6 is 0 Å². The van der Waals surface area contributed by atoms with Gasteiger partial charge in [0, 0.05) is 51.8 Å². The number of aliphatic hydroxyl groups is 1. The van der Waals surface area contributed by atoms with E-state index in [1.54, 1.807) is 11.9 Å². The summed E-state index contributed by atoms with van der Waals surface area (Å²) in [7, 11) is 3.50. The van der Waals surface area contributed by atoms with Crippen LogP contribution in [0, 0.1) is 5.41 Å². The van der Waals surface area contributed by atoms with Gasteiger partial charge in [-0.05, 0) is 31.5 Å². The number of likely N-dealkylation sites (N-methyl/N-ethyl adjacent to an activating group) is 1. The number of rotatable bonds is 12. The predicted octanol–water partition coefficient (Wildman–Crippen LogP) is 2.96. The molecule has 0 bridgehead atoms. The highest BCUT2D eigenvalue weighted by Gasteiger charge is 2.28. The first-order valence-electron chi connectivity index (χ1n) is 10.5. The van der Waals surface area contributed by atoms with Crippen LogP contribution in [0.2, 0.25) is 0 Å². The van der Waals surface area contributed by atoms with Crippen LogP contribution in [0.4, 0.5) is 10.5 Å². The Morgan fingerprint density at radius 1 is 1.10 bits per heavy atom. The Bertz CT molecular complexity index is 704. The Morgan fingerprint density at radius 3 is 2.23 bits per heavy atom. The van der Waals surface area contributed by atoms with Crippen molar-refractivity contribution in [3.8, 4) is 0 Å². The lowest BCUT2D eigenvalue weighted by Gasteiger charge is -2.35. The quantitative estimate of drug-likeness (QED) is 0.522. The Balaban J connectivity index is 2.52. The van der Waals surface area contributed by atoms with Crippen molar-refractivity contribution in [1.29, 1.82) is 0 Å². The zero-order chi connectivity index (χ0) is 23.7. The van der Waals surface area contributed by atoms with Crippen molar-refractivity contribution in [2.45, 2.75) is 46.8 Å². The minimum atomic E-state index is -0.629. The van der Waals surface area contributed by atoms with Crippen LogP contribution in [-0.4, -0.2) is 79.5 Å². The molecule has 176 valence electrons. The molecule has 2 N–H and O–H groups in total. The molecule has 31 heavy (non-hydrogen) atoms. The molecule has 0 aromatic heterocycles. The summed E-state index contributed by atoms with van der Waals surface area (Å²) < 4.78 is 11.2. The van der Waals surface area contributed by atoms with E-state index in [9.17, 15) is 14.7 Å². The van der Waals surface area contributed by atoms with Crippen LogP contribution in [0.25, 0.3) is 0 Å². The third-order valence-electron chi connectivity index (χ3n) is 4.92. The molecule has 0 atom stereocenters. The second kappa shape index (κ2) is 11.9. The molecule has 0 heterocycles. The van der Waals surface area contributed by atoms with E-state index >= 15 is 0 Å². The van der Waals surface area contributed by atoms with E-state index in [1.165, 1.54) is 11.8 Å². The molecule has 8 nitrogen and oxygen atoms in total. The zero-order valence-corrected chi connectivity index (χ0v) is 20.0. The smallest absolute Gasteiger partial charge is 0.409 e. The fourth-order valence-corrected chi connectivity index (χ4v) is 2.73. The first-order chi connectivity index (χ1) is 14.4. The molecule has 0 unspecified atom stereocenters. The third kappa shape index (κ3) is 10.0. The van der Waals surface area contributed by atoms with E-state index in [1.807, 2.05) is 59.0 Å². The predicted molar refractivity (Wildman–Crippen MR) is 122 cm³/mol. The number of nitrogens with one attached hydrogen (secondary N) is 1. The largest absolute Gasteiger partial charge is 0.445 e. The van der Waals surface area contributed by atoms with Crippen LogP contribution < -0.4 is 5.32 Å². The SMILES string of the molecule is CNc1ccc(COC(=O)N(C)CCN(CC(C)(C)COC(C)(C)CO)C(C)=O)cc1. The summed E-state index contributed by atoms with van der Waals surface area (Å²) in [5.41, 5.74) is 0.954. The van der Waals surface area contributed by atoms with E-state index in [0.29, 0.717) is 26.2 Å². The highest BCUT2D eigenvalue weighted by atomic mass is 16.6. The van der Waals surface area contributed by atoms with Crippen molar-refractivity contribution in [2.24, 2.45) is 5.41 Å². The Labute approximate surface area is 186 Å². The van der Waals surface area contributed by atoms with Crippen LogP contribution in [0.15, 0.2) is 24.3 Å². The maximum absolute atomic E-state index is 12.3. The maximum Gasteiger partial charge on any atom is 0.409 e. The lowest BCUT2D eigenvalue weighted by Crippen LogP contribution is -2.45. The summed E-state index contributed by atoms with van der Waals surface area (Å²) in [4.78, 5) is 27.6. The maximum atomic E-state index is 12.3. The number of hydrogen-bond acceptors (Lipinski definition) is 6. The summed E-state index contributed by atoms with van der Waals surface area (Å²) in [6.45, 7) is 10.9. The van der Waals surface area contributed by atoms with Crippen molar-refractivity contribution in [2.75, 3.05) is 52.3 Å². The zero-order valence-electron chi connectivity index (χ0n) is 20.0. The summed E-state index contributed by atoms with van der Waals surface area (Å²) in [5.74, 6) is -0.0686. The van der Waals surface area contributed by atoms with E-state index in [-0.39, 0.29) is 24.5 Å². The van der Waals surface area contributed by atoms with E-state index in [2.05, 4.69) is 5.32 Å². The third-order valence-corrected chi connectivity index (χ3v) is 4.92. The van der Waals surface area contributed by atoms with Gasteiger partial charge in [-0.3, -0.25) is 4.79 Å². The molecule has 0 aliphatic heterocycles. The first-order valence-corrected chi connectivity index (χ1v) is 10.5. The molecular formula is C23H39N3O5. The van der Waals surface area contributed by atoms with Crippen LogP contribution in [0.3, 0.4) is 0 Å². The van der Waals surface area contributed by atoms with Crippen LogP contribution in [0.5, 0.6) is 0 Å². The lowest BCUT2D eigenvalue weighted by molar-refractivity contribution is -0.132. The van der Waals surface area contributed by atoms with Gasteiger partial charge in [-0.2, -0.15) is 0 Å². The van der Waals surface area contributed by atoms with Gasteiger partial charge in [0.25, 0.3) is 0 Å². The number of carbonyl (C=O) groups excluding carboxylic acids is 2. The lowest BCUT2D eigenvalue weighted by atomic mass is 9.93. The standard InChI is InChI=1S/C23H39N3O5/c1-18(28)26(15-22(2,3)17-31-23(4,5)16-27)13-12-25(7)21(29)30-14-19-8-10-20(24-6)11-9-19/h8-11,24,27H,12-17H2,1-7H3. The highest BCUT2D eigenvalue weighted by Crippen LogP contribution is 2.21. The van der Waals surface area contributed by atoms with Gasteiger partial charge in [0.15, 0.2) is 0 Å². The second-order valence-electron chi connectivity index (χ2n) is 9.23. The molecule has 2 amide bonds. The van der Waals surface area contributed by atoms with Gasteiger partial charge in [-0.15, -0.1) is 0 Å². The minimum absolute atomic E-state index is 0.0686. The van der Waals surface area contributed by atoms with E-state index in [0.717, 1.165) is 11.3 Å². The molecule has 0 aliphatic rings. The summed E-state index contributed by atoms with van der Waals surface area (Å²) >= 11 is 0. The molecule has 0 aliphatic carbocycles. The fourth-order valence-electron chi connectivity index (χ4n) is 2.73. The average Bonchev–Trinajstić information content (AvgIpc) is 2.73. The van der Waals surface area contributed by atoms with Gasteiger partial charge in [-0.25, -0.2) is 4.79 Å². The number of ether oxygens (including phenoxy) is 2. The topological polar surface area (TPSA) is 91.3 Å². The van der Waals surface area contributed by atoms with Gasteiger partial charge in [-0.1, -0.05) is 26.0 Å². The van der Waals surface area contributed by atoms with Gasteiger partial charge in [0.2, 0.25) is 5.91 Å². The molecule has 1 rings (SSSR count). The fraction of sp³-hybridized carbons (Fsp3) is 0.652. The average molecular weight is 438 g/mol. The van der Waals surface area contributed by atoms with Crippen molar-refractivity contribution in [3.63, 3.8) is 0 Å². The normalized spacial score (nSPS) is 11.7. The number of amides is 2. The monoisotopic (exact) mass is 437 g/mol. The van der Waals surface area contributed by atoms with Crippen molar-refractivity contribution >= 4 is 17.7 Å². The van der Waals surface area contributed by atoms with Crippen molar-refractivity contribution in [3.05, 3.63) is 29.8 Å². The molecule has 1 aromatic carbocycles. The first kappa shape index (κ1) is 26.7. The summed E-state index contributed by atoms with van der Waals surface area (Å²) in [5, 5.41) is 12.4. The van der Waals surface area contributed by atoms with Crippen molar-refractivity contribution < 1.29 is 24.2 Å². The molecular weight excluding hydrogens is 398 g/mol. The Kier molecular flexibility index (Phi) is 10.3. The van der Waals surface area contributed by atoms with Crippen LogP contribution in [0.1, 0.15) is 40.2 Å². The summed E-state index contributed by atoms with van der Waals surface area (Å²) in [6, 6.07) is 7.65. The Morgan fingerprint density at radius 2 is 1.71 bits per heavy atom. The summed E-state index contributed by atoms with van der Waals surface area (Å²) in [6.07, 6.45) is -0.437. The number of aliphatic hydroxyl groups excluding tert-OH is 1. The van der Waals surface area contributed by atoms with E-state index in [4.69, 9.17) is 9.47 Å². The molecule has 0 spiro atoms. The molecule has 8 heteroatoms. The van der Waals surface area contributed by atoms with Gasteiger partial charge in [0.1, 0.15) is 6.61 Å². The number of carbonyl (C=O) groups is 2. The molecule has 0 radical (unpaired) electrons. The number of nitrogens with zero attached hydrogens (tertiary/aromatic N) is 2. The molecule has 0 saturated carbocycles. The molecule has 1 aromatic rings. The molecule has 0 saturated heterocycles. The molecule has 0 fully saturated rings. The van der Waals surface area contributed by atoms with Crippen LogP contribution in [-0.2, 0) is 20.9 Å². The second-order valence-corrected chi connectivity index (χ2v) is 9.23. The highest BCUT2D eigenvalue weighted by molar-refractivity contribution is 5.73. The Hall–Kier alpha value is -2.32.